The zero-order valence-corrected chi connectivity index (χ0v) is 15.9. The van der Waals surface area contributed by atoms with E-state index >= 15 is 0 Å². The van der Waals surface area contributed by atoms with E-state index in [9.17, 15) is 22.8 Å². The second-order valence-corrected chi connectivity index (χ2v) is 8.67. The summed E-state index contributed by atoms with van der Waals surface area (Å²) in [4.78, 5) is 28.5. The Morgan fingerprint density at radius 3 is 2.43 bits per heavy atom. The van der Waals surface area contributed by atoms with Crippen molar-refractivity contribution in [2.45, 2.75) is 50.3 Å². The molecule has 8 heteroatoms. The highest BCUT2D eigenvalue weighted by molar-refractivity contribution is 5.80. The molecule has 3 fully saturated rings. The topological polar surface area (TPSA) is 49.9 Å². The van der Waals surface area contributed by atoms with E-state index in [1.54, 1.807) is 0 Å². The molecule has 4 rings (SSSR count). The summed E-state index contributed by atoms with van der Waals surface area (Å²) in [5.41, 5.74) is -0.470. The molecule has 2 heterocycles. The van der Waals surface area contributed by atoms with Crippen molar-refractivity contribution in [1.82, 2.24) is 9.80 Å². The quantitative estimate of drug-likeness (QED) is 0.685. The number of carbonyl (C=O) groups excluding carboxylic acids is 2. The Kier molecular flexibility index (Phi) is 5.18. The number of nitrogens with zero attached hydrogens (tertiary/aromatic N) is 2. The highest BCUT2D eigenvalue weighted by atomic mass is 19.4. The Labute approximate surface area is 162 Å². The Balaban J connectivity index is 1.30. The zero-order valence-electron chi connectivity index (χ0n) is 15.9. The van der Waals surface area contributed by atoms with Crippen molar-refractivity contribution in [3.05, 3.63) is 12.2 Å². The van der Waals surface area contributed by atoms with E-state index in [4.69, 9.17) is 4.74 Å². The molecule has 2 amide bonds. The van der Waals surface area contributed by atoms with Crippen LogP contribution in [0.2, 0.25) is 0 Å². The van der Waals surface area contributed by atoms with Gasteiger partial charge in [0.05, 0.1) is 18.6 Å². The second-order valence-electron chi connectivity index (χ2n) is 8.67. The van der Waals surface area contributed by atoms with E-state index < -0.39 is 30.5 Å². The first-order valence-electron chi connectivity index (χ1n) is 10.2. The van der Waals surface area contributed by atoms with Crippen LogP contribution in [0.3, 0.4) is 0 Å². The van der Waals surface area contributed by atoms with Crippen LogP contribution in [0.4, 0.5) is 13.2 Å². The summed E-state index contributed by atoms with van der Waals surface area (Å²) in [6, 6.07) is 0. The SMILES string of the molecule is O=C(CCC(F)(F)F)N1CCC2(CC1)CN(C(=O)[C@@H]1C[C@@H]3C=C[C@H]1C3)CCO2. The van der Waals surface area contributed by atoms with Crippen LogP contribution in [0, 0.1) is 17.8 Å². The lowest BCUT2D eigenvalue weighted by atomic mass is 9.87. The predicted molar refractivity (Wildman–Crippen MR) is 95.2 cm³/mol. The van der Waals surface area contributed by atoms with Crippen molar-refractivity contribution in [2.75, 3.05) is 32.8 Å². The van der Waals surface area contributed by atoms with Crippen molar-refractivity contribution in [1.29, 1.82) is 0 Å². The molecule has 0 N–H and O–H groups in total. The van der Waals surface area contributed by atoms with Gasteiger partial charge in [-0.25, -0.2) is 0 Å². The fourth-order valence-electron chi connectivity index (χ4n) is 5.21. The molecule has 2 aliphatic heterocycles. The third kappa shape index (κ3) is 4.07. The first-order chi connectivity index (χ1) is 13.2. The van der Waals surface area contributed by atoms with Crippen LogP contribution >= 0.6 is 0 Å². The maximum absolute atomic E-state index is 13.0. The number of allylic oxidation sites excluding steroid dienone is 2. The average Bonchev–Trinajstić information content (AvgIpc) is 3.29. The normalized spacial score (nSPS) is 31.6. The molecule has 1 saturated carbocycles. The number of rotatable bonds is 3. The minimum Gasteiger partial charge on any atom is -0.371 e. The molecule has 0 aromatic heterocycles. The molecule has 2 saturated heterocycles. The van der Waals surface area contributed by atoms with E-state index in [1.807, 2.05) is 4.90 Å². The Morgan fingerprint density at radius 1 is 1.07 bits per heavy atom. The first-order valence-corrected chi connectivity index (χ1v) is 10.2. The van der Waals surface area contributed by atoms with E-state index in [2.05, 4.69) is 12.2 Å². The van der Waals surface area contributed by atoms with Crippen molar-refractivity contribution in [3.8, 4) is 0 Å². The zero-order chi connectivity index (χ0) is 19.9. The molecule has 2 aliphatic carbocycles. The summed E-state index contributed by atoms with van der Waals surface area (Å²) >= 11 is 0. The molecule has 0 unspecified atom stereocenters. The lowest BCUT2D eigenvalue weighted by Gasteiger charge is -2.48. The van der Waals surface area contributed by atoms with E-state index in [0.717, 1.165) is 12.8 Å². The number of ether oxygens (including phenoxy) is 1. The number of fused-ring (bicyclic) bond motifs is 2. The molecule has 0 radical (unpaired) electrons. The molecular formula is C20H27F3N2O3. The van der Waals surface area contributed by atoms with Gasteiger partial charge < -0.3 is 14.5 Å². The summed E-state index contributed by atoms with van der Waals surface area (Å²) in [5.74, 6) is 0.742. The molecule has 28 heavy (non-hydrogen) atoms. The van der Waals surface area contributed by atoms with Gasteiger partial charge in [0.2, 0.25) is 11.8 Å². The summed E-state index contributed by atoms with van der Waals surface area (Å²) in [6.07, 6.45) is 1.65. The summed E-state index contributed by atoms with van der Waals surface area (Å²) in [6.45, 7) is 2.36. The highest BCUT2D eigenvalue weighted by Crippen LogP contribution is 2.44. The molecule has 0 aromatic rings. The smallest absolute Gasteiger partial charge is 0.371 e. The number of hydrogen-bond acceptors (Lipinski definition) is 3. The van der Waals surface area contributed by atoms with Crippen molar-refractivity contribution in [2.24, 2.45) is 17.8 Å². The van der Waals surface area contributed by atoms with Crippen LogP contribution in [-0.4, -0.2) is 66.2 Å². The standard InChI is InChI=1S/C20H27F3N2O3/c21-20(22,23)4-3-17(26)24-7-5-19(6-8-24)13-25(9-10-28-19)18(27)16-12-14-1-2-15(16)11-14/h1-2,14-16H,3-13H2/t14-,15+,16-/m1/s1. The van der Waals surface area contributed by atoms with E-state index in [-0.39, 0.29) is 11.8 Å². The van der Waals surface area contributed by atoms with Crippen molar-refractivity contribution >= 4 is 11.8 Å². The van der Waals surface area contributed by atoms with Gasteiger partial charge in [-0.3, -0.25) is 9.59 Å². The maximum atomic E-state index is 13.0. The Hall–Kier alpha value is -1.57. The third-order valence-electron chi connectivity index (χ3n) is 6.81. The molecule has 5 nitrogen and oxygen atoms in total. The van der Waals surface area contributed by atoms with Crippen LogP contribution in [0.15, 0.2) is 12.2 Å². The van der Waals surface area contributed by atoms with Crippen LogP contribution in [0.1, 0.15) is 38.5 Å². The molecule has 3 atom stereocenters. The van der Waals surface area contributed by atoms with Crippen LogP contribution < -0.4 is 0 Å². The minimum absolute atomic E-state index is 0.0779. The number of morpholine rings is 1. The lowest BCUT2D eigenvalue weighted by Crippen LogP contribution is -2.59. The van der Waals surface area contributed by atoms with Gasteiger partial charge in [0.1, 0.15) is 0 Å². The number of halogens is 3. The number of carbonyl (C=O) groups is 2. The Bertz CT molecular complexity index is 656. The largest absolute Gasteiger partial charge is 0.389 e. The summed E-state index contributed by atoms with van der Waals surface area (Å²) in [7, 11) is 0. The molecule has 1 spiro atoms. The molecule has 2 bridgehead atoms. The third-order valence-corrected chi connectivity index (χ3v) is 6.81. The van der Waals surface area contributed by atoms with Gasteiger partial charge in [0.25, 0.3) is 0 Å². The van der Waals surface area contributed by atoms with Crippen molar-refractivity contribution in [3.63, 3.8) is 0 Å². The Morgan fingerprint density at radius 2 is 1.82 bits per heavy atom. The number of amides is 2. The summed E-state index contributed by atoms with van der Waals surface area (Å²) < 4.78 is 43.0. The lowest BCUT2D eigenvalue weighted by molar-refractivity contribution is -0.168. The van der Waals surface area contributed by atoms with Gasteiger partial charge in [-0.05, 0) is 37.5 Å². The number of hydrogen-bond donors (Lipinski definition) is 0. The van der Waals surface area contributed by atoms with E-state index in [1.165, 1.54) is 4.90 Å². The van der Waals surface area contributed by atoms with Crippen LogP contribution in [0.5, 0.6) is 0 Å². The van der Waals surface area contributed by atoms with Gasteiger partial charge in [0.15, 0.2) is 0 Å². The van der Waals surface area contributed by atoms with Gasteiger partial charge in [-0.1, -0.05) is 12.2 Å². The average molecular weight is 400 g/mol. The maximum Gasteiger partial charge on any atom is 0.389 e. The predicted octanol–water partition coefficient (Wildman–Crippen LogP) is 2.76. The number of likely N-dealkylation sites (tertiary alicyclic amines) is 1. The first kappa shape index (κ1) is 19.7. The number of alkyl halides is 3. The van der Waals surface area contributed by atoms with Gasteiger partial charge in [0, 0.05) is 38.5 Å². The van der Waals surface area contributed by atoms with E-state index in [0.29, 0.717) is 57.5 Å². The van der Waals surface area contributed by atoms with Gasteiger partial charge >= 0.3 is 6.18 Å². The van der Waals surface area contributed by atoms with Gasteiger partial charge in [-0.2, -0.15) is 13.2 Å². The molecule has 4 aliphatic rings. The molecule has 0 aromatic carbocycles. The monoisotopic (exact) mass is 400 g/mol. The number of piperidine rings is 1. The van der Waals surface area contributed by atoms with Crippen LogP contribution in [0.25, 0.3) is 0 Å². The minimum atomic E-state index is -4.31. The fourth-order valence-corrected chi connectivity index (χ4v) is 5.21. The fraction of sp³-hybridized carbons (Fsp3) is 0.800. The van der Waals surface area contributed by atoms with Crippen molar-refractivity contribution < 1.29 is 27.5 Å². The summed E-state index contributed by atoms with van der Waals surface area (Å²) in [5, 5.41) is 0. The second kappa shape index (κ2) is 7.35. The van der Waals surface area contributed by atoms with Crippen LogP contribution in [-0.2, 0) is 14.3 Å². The van der Waals surface area contributed by atoms with Gasteiger partial charge in [-0.15, -0.1) is 0 Å². The highest BCUT2D eigenvalue weighted by Gasteiger charge is 2.46. The molecule has 156 valence electrons. The molecular weight excluding hydrogens is 373 g/mol.